The molecular weight excluding hydrogens is 1170 g/mol. The van der Waals surface area contributed by atoms with Crippen LogP contribution in [0.3, 0.4) is 0 Å². The van der Waals surface area contributed by atoms with Gasteiger partial charge in [0.25, 0.3) is 0 Å². The van der Waals surface area contributed by atoms with E-state index in [0.29, 0.717) is 163 Å². The normalized spacial score (nSPS) is 13.1. The summed E-state index contributed by atoms with van der Waals surface area (Å²) in [5.41, 5.74) is 16.2. The first kappa shape index (κ1) is 87.9. The van der Waals surface area contributed by atoms with Gasteiger partial charge in [0.15, 0.2) is 53.8 Å². The van der Waals surface area contributed by atoms with E-state index in [0.717, 1.165) is 12.2 Å². The first-order chi connectivity index (χ1) is 38.8. The third kappa shape index (κ3) is 40.2. The Morgan fingerprint density at radius 3 is 1.05 bits per heavy atom. The standard InChI is InChI=1S/C21H46N3O4PS.C19H42N3O3PS.C18H40N3O3PS/c1-10-26-21(27-13-14-30-20(25)11-12-22)15-28-29(23(16(2)3)17(4)5)24(18(6)7)19(8)9;1-15(2)21(16(3)4)26(22(17(5)6)18(7)8)25-14-24-12-9-13-27-19(23)10-11-20;1-14(2)20(15(3)4)25(21(16(5)6)17(7)8)24-12-11-23-13-26-18(22)9-10-19/h16-19,21H,10-15,22H2,1-9H3;15-18H,9-14,20H2,1-8H3;14-17H,9-13,19H2,1-8H3. The van der Waals surface area contributed by atoms with Crippen LogP contribution in [0.1, 0.15) is 199 Å². The maximum Gasteiger partial charge on any atom is 0.192 e. The summed E-state index contributed by atoms with van der Waals surface area (Å²) in [7, 11) is -2.79. The van der Waals surface area contributed by atoms with Gasteiger partial charge in [0.1, 0.15) is 6.61 Å². The Labute approximate surface area is 526 Å². The van der Waals surface area contributed by atoms with Gasteiger partial charge in [-0.05, 0) is 180 Å². The fraction of sp³-hybridized carbons (Fsp3) is 0.948. The van der Waals surface area contributed by atoms with Crippen LogP contribution in [-0.4, -0.2) is 206 Å². The zero-order chi connectivity index (χ0) is 64.5. The van der Waals surface area contributed by atoms with Crippen LogP contribution in [0.4, 0.5) is 0 Å². The van der Waals surface area contributed by atoms with Crippen molar-refractivity contribution in [1.29, 1.82) is 0 Å². The summed E-state index contributed by atoms with van der Waals surface area (Å²) in [6, 6.07) is 4.56. The van der Waals surface area contributed by atoms with Gasteiger partial charge in [-0.15, -0.1) is 0 Å². The van der Waals surface area contributed by atoms with Gasteiger partial charge >= 0.3 is 0 Å². The fourth-order valence-corrected chi connectivity index (χ4v) is 17.8. The lowest BCUT2D eigenvalue weighted by Gasteiger charge is -2.45. The minimum Gasteiger partial charge on any atom is -0.368 e. The van der Waals surface area contributed by atoms with Crippen LogP contribution in [0.15, 0.2) is 0 Å². The molecule has 1 unspecified atom stereocenters. The van der Waals surface area contributed by atoms with Crippen LogP contribution in [0.5, 0.6) is 0 Å². The monoisotopic (exact) mass is 1300 g/mol. The van der Waals surface area contributed by atoms with Gasteiger partial charge < -0.3 is 49.7 Å². The number of nitrogens with two attached hydrogens (primary N) is 3. The molecule has 0 spiro atoms. The maximum absolute atomic E-state index is 11.6. The molecule has 19 nitrogen and oxygen atoms in total. The number of nitrogens with zero attached hydrogens (tertiary/aromatic N) is 6. The molecule has 0 saturated carbocycles. The van der Waals surface area contributed by atoms with Gasteiger partial charge in [0.05, 0.1) is 32.4 Å². The van der Waals surface area contributed by atoms with Crippen molar-refractivity contribution in [2.45, 2.75) is 278 Å². The molecule has 0 heterocycles. The minimum atomic E-state index is -0.989. The fourth-order valence-electron chi connectivity index (χ4n) is 8.90. The smallest absolute Gasteiger partial charge is 0.192 e. The largest absolute Gasteiger partial charge is 0.368 e. The molecule has 1 atom stereocenters. The summed E-state index contributed by atoms with van der Waals surface area (Å²) in [5.74, 6) is 1.71. The highest BCUT2D eigenvalue weighted by Gasteiger charge is 2.37. The highest BCUT2D eigenvalue weighted by atomic mass is 32.2. The van der Waals surface area contributed by atoms with E-state index in [9.17, 15) is 14.4 Å². The highest BCUT2D eigenvalue weighted by molar-refractivity contribution is 8.14. The molecule has 0 aliphatic carbocycles. The molecule has 0 radical (unpaired) electrons. The molecule has 0 aliphatic heterocycles. The van der Waals surface area contributed by atoms with Crippen LogP contribution in [0.2, 0.25) is 0 Å². The Hall–Kier alpha value is 0.710. The predicted octanol–water partition coefficient (Wildman–Crippen LogP) is 12.9. The number of hydrogen-bond donors (Lipinski definition) is 3. The van der Waals surface area contributed by atoms with Crippen LogP contribution in [0.25, 0.3) is 0 Å². The third-order valence-corrected chi connectivity index (χ3v) is 23.4. The number of carbonyl (C=O) groups is 3. The van der Waals surface area contributed by atoms with Gasteiger partial charge in [-0.2, -0.15) is 0 Å². The molecule has 0 rings (SSSR count). The zero-order valence-electron chi connectivity index (χ0n) is 57.1. The van der Waals surface area contributed by atoms with Gasteiger partial charge in [0.2, 0.25) is 0 Å². The van der Waals surface area contributed by atoms with Crippen molar-refractivity contribution < 1.29 is 46.9 Å². The molecular formula is C58H128N9O10P3S3. The Bertz CT molecular complexity index is 1480. The number of carbonyl (C=O) groups excluding carboxylic acids is 3. The average Bonchev–Trinajstić information content (AvgIpc) is 3.34. The Morgan fingerprint density at radius 2 is 0.711 bits per heavy atom. The maximum atomic E-state index is 11.6. The molecule has 6 N–H and O–H groups in total. The van der Waals surface area contributed by atoms with Crippen molar-refractivity contribution in [2.24, 2.45) is 17.2 Å². The van der Waals surface area contributed by atoms with E-state index in [-0.39, 0.29) is 22.1 Å². The lowest BCUT2D eigenvalue weighted by atomic mass is 10.3. The van der Waals surface area contributed by atoms with Crippen molar-refractivity contribution in [2.75, 3.05) is 83.5 Å². The first-order valence-electron chi connectivity index (χ1n) is 30.8. The lowest BCUT2D eigenvalue weighted by molar-refractivity contribution is -0.152. The second-order valence-corrected chi connectivity index (χ2v) is 31.5. The molecule has 498 valence electrons. The Balaban J connectivity index is -0.00000116. The van der Waals surface area contributed by atoms with E-state index < -0.39 is 31.6 Å². The summed E-state index contributed by atoms with van der Waals surface area (Å²) in [6.45, 7) is 59.5. The SMILES string of the molecule is CC(C)N(C(C)C)P(OCCOCSC(=O)CCN)N(C(C)C)C(C)C.CC(C)N(C(C)C)P(OCOCCCSC(=O)CCN)N(C(C)C)C(C)C.CCOC(COP(N(C(C)C)C(C)C)N(C(C)C)C(C)C)OCCSC(=O)CCN. The number of hydrogen-bond acceptors (Lipinski definition) is 22. The quantitative estimate of drug-likeness (QED) is 0.0294. The van der Waals surface area contributed by atoms with E-state index in [1.807, 2.05) is 6.92 Å². The summed E-state index contributed by atoms with van der Waals surface area (Å²) in [5, 5.41) is 0.335. The summed E-state index contributed by atoms with van der Waals surface area (Å²) in [4.78, 5) is 34.5. The first-order valence-corrected chi connectivity index (χ1v) is 37.2. The number of ether oxygens (including phenoxy) is 4. The van der Waals surface area contributed by atoms with E-state index >= 15 is 0 Å². The second kappa shape index (κ2) is 52.3. The highest BCUT2D eigenvalue weighted by Crippen LogP contribution is 2.53. The van der Waals surface area contributed by atoms with E-state index in [2.05, 4.69) is 194 Å². The Kier molecular flexibility index (Phi) is 55.4. The molecule has 0 aliphatic rings. The molecule has 0 bridgehead atoms. The van der Waals surface area contributed by atoms with E-state index in [1.54, 1.807) is 0 Å². The number of thioether (sulfide) groups is 3. The predicted molar refractivity (Wildman–Crippen MR) is 363 cm³/mol. The van der Waals surface area contributed by atoms with Crippen molar-refractivity contribution in [3.63, 3.8) is 0 Å². The molecule has 0 amide bonds. The van der Waals surface area contributed by atoms with E-state index in [4.69, 9.17) is 49.7 Å². The van der Waals surface area contributed by atoms with Crippen LogP contribution in [-0.2, 0) is 46.9 Å². The summed E-state index contributed by atoms with van der Waals surface area (Å²) < 4.78 is 56.7. The van der Waals surface area contributed by atoms with Crippen LogP contribution in [0, 0.1) is 0 Å². The molecule has 25 heteroatoms. The van der Waals surface area contributed by atoms with Crippen molar-refractivity contribution in [1.82, 2.24) is 28.0 Å². The van der Waals surface area contributed by atoms with Gasteiger partial charge in [0, 0.05) is 130 Å². The van der Waals surface area contributed by atoms with Crippen molar-refractivity contribution >= 4 is 76.0 Å². The lowest BCUT2D eigenvalue weighted by Crippen LogP contribution is -2.44. The third-order valence-electron chi connectivity index (χ3n) is 11.6. The summed E-state index contributed by atoms with van der Waals surface area (Å²) >= 11 is 3.78. The van der Waals surface area contributed by atoms with Gasteiger partial charge in [-0.3, -0.25) is 14.4 Å². The Morgan fingerprint density at radius 1 is 0.386 bits per heavy atom. The molecule has 0 saturated heterocycles. The second-order valence-electron chi connectivity index (χ2n) is 23.2. The molecule has 0 fully saturated rings. The zero-order valence-corrected chi connectivity index (χ0v) is 62.2. The van der Waals surface area contributed by atoms with Gasteiger partial charge in [-0.25, -0.2) is 28.0 Å². The molecule has 83 heavy (non-hydrogen) atoms. The molecule has 0 aromatic carbocycles. The van der Waals surface area contributed by atoms with Crippen molar-refractivity contribution in [3.05, 3.63) is 0 Å². The molecule has 0 aromatic rings. The van der Waals surface area contributed by atoms with E-state index in [1.165, 1.54) is 35.3 Å². The van der Waals surface area contributed by atoms with Crippen LogP contribution >= 0.6 is 60.6 Å². The average molecular weight is 1300 g/mol. The van der Waals surface area contributed by atoms with Crippen LogP contribution < -0.4 is 17.2 Å². The molecule has 0 aromatic heterocycles. The minimum absolute atomic E-state index is 0.0762. The number of rotatable bonds is 46. The van der Waals surface area contributed by atoms with Crippen molar-refractivity contribution in [3.8, 4) is 0 Å². The topological polar surface area (TPSA) is 213 Å². The summed E-state index contributed by atoms with van der Waals surface area (Å²) in [6.07, 6.45) is 1.61. The van der Waals surface area contributed by atoms with Gasteiger partial charge in [-0.1, -0.05) is 35.3 Å².